The van der Waals surface area contributed by atoms with Crippen LogP contribution in [-0.4, -0.2) is 18.2 Å². The fraction of sp³-hybridized carbons (Fsp3) is 0.357. The highest BCUT2D eigenvalue weighted by atomic mass is 16.5. The van der Waals surface area contributed by atoms with Crippen LogP contribution < -0.4 is 0 Å². The Hall–Kier alpha value is -1.77. The topological polar surface area (TPSA) is 46.5 Å². The van der Waals surface area contributed by atoms with E-state index in [4.69, 9.17) is 0 Å². The van der Waals surface area contributed by atoms with Gasteiger partial charge in [0.1, 0.15) is 5.75 Å². The maximum absolute atomic E-state index is 11.3. The van der Waals surface area contributed by atoms with Gasteiger partial charge in [0, 0.05) is 5.92 Å². The van der Waals surface area contributed by atoms with Gasteiger partial charge in [0.15, 0.2) is 0 Å². The van der Waals surface area contributed by atoms with Crippen LogP contribution in [0.4, 0.5) is 0 Å². The van der Waals surface area contributed by atoms with Crippen LogP contribution in [0.1, 0.15) is 31.2 Å². The molecule has 1 N–H and O–H groups in total. The van der Waals surface area contributed by atoms with Gasteiger partial charge >= 0.3 is 5.97 Å². The van der Waals surface area contributed by atoms with E-state index in [1.807, 2.05) is 31.2 Å². The molecule has 1 aromatic rings. The molecule has 17 heavy (non-hydrogen) atoms. The number of hydrogen-bond acceptors (Lipinski definition) is 3. The van der Waals surface area contributed by atoms with E-state index in [0.717, 1.165) is 12.0 Å². The van der Waals surface area contributed by atoms with Crippen LogP contribution in [-0.2, 0) is 9.53 Å². The van der Waals surface area contributed by atoms with Crippen molar-refractivity contribution in [2.45, 2.75) is 25.7 Å². The molecule has 1 atom stereocenters. The average molecular weight is 234 g/mol. The summed E-state index contributed by atoms with van der Waals surface area (Å²) in [7, 11) is 1.39. The van der Waals surface area contributed by atoms with Crippen LogP contribution in [0.5, 0.6) is 5.75 Å². The molecule has 0 radical (unpaired) electrons. The molecule has 0 spiro atoms. The number of benzene rings is 1. The first-order chi connectivity index (χ1) is 8.17. The predicted octanol–water partition coefficient (Wildman–Crippen LogP) is 3.01. The second kappa shape index (κ2) is 6.74. The number of phenols is 1. The van der Waals surface area contributed by atoms with Gasteiger partial charge in [-0.3, -0.25) is 4.79 Å². The van der Waals surface area contributed by atoms with Crippen LogP contribution in [0.3, 0.4) is 0 Å². The first kappa shape index (κ1) is 13.3. The second-order valence-electron chi connectivity index (χ2n) is 3.81. The van der Waals surface area contributed by atoms with E-state index in [1.165, 1.54) is 7.11 Å². The molecule has 0 aliphatic heterocycles. The van der Waals surface area contributed by atoms with Crippen molar-refractivity contribution in [2.75, 3.05) is 7.11 Å². The minimum Gasteiger partial charge on any atom is -0.508 e. The van der Waals surface area contributed by atoms with E-state index in [2.05, 4.69) is 4.74 Å². The molecule has 0 bridgehead atoms. The monoisotopic (exact) mass is 234 g/mol. The van der Waals surface area contributed by atoms with Crippen molar-refractivity contribution in [1.82, 2.24) is 0 Å². The smallest absolute Gasteiger partial charge is 0.306 e. The summed E-state index contributed by atoms with van der Waals surface area (Å²) in [6.45, 7) is 2.04. The summed E-state index contributed by atoms with van der Waals surface area (Å²) in [5.74, 6) is -0.00290. The van der Waals surface area contributed by atoms with Gasteiger partial charge in [-0.2, -0.15) is 0 Å². The summed E-state index contributed by atoms with van der Waals surface area (Å²) < 4.78 is 4.68. The van der Waals surface area contributed by atoms with Crippen molar-refractivity contribution in [2.24, 2.45) is 0 Å². The molecule has 0 saturated carbocycles. The fourth-order valence-corrected chi connectivity index (χ4v) is 1.58. The van der Waals surface area contributed by atoms with E-state index >= 15 is 0 Å². The zero-order valence-electron chi connectivity index (χ0n) is 10.2. The van der Waals surface area contributed by atoms with E-state index in [0.29, 0.717) is 6.42 Å². The van der Waals surface area contributed by atoms with Crippen LogP contribution >= 0.6 is 0 Å². The van der Waals surface area contributed by atoms with Crippen molar-refractivity contribution >= 4 is 5.97 Å². The van der Waals surface area contributed by atoms with Crippen LogP contribution in [0, 0.1) is 0 Å². The van der Waals surface area contributed by atoms with E-state index in [1.54, 1.807) is 12.1 Å². The molecular formula is C14H18O3. The standard InChI is InChI=1S/C14H18O3/c1-3-4-5-12(10-14(16)17-2)11-6-8-13(15)9-7-11/h4-9,12,15H,3,10H2,1-2H3/t12-/m1/s1. The number of esters is 1. The van der Waals surface area contributed by atoms with Crippen molar-refractivity contribution in [1.29, 1.82) is 0 Å². The van der Waals surface area contributed by atoms with Gasteiger partial charge in [-0.1, -0.05) is 31.2 Å². The third-order valence-electron chi connectivity index (χ3n) is 2.54. The number of rotatable bonds is 5. The number of hydrogen-bond donors (Lipinski definition) is 1. The maximum Gasteiger partial charge on any atom is 0.306 e. The number of phenolic OH excluding ortho intramolecular Hbond substituents is 1. The Labute approximate surface area is 102 Å². The summed E-state index contributed by atoms with van der Waals surface area (Å²) >= 11 is 0. The quantitative estimate of drug-likeness (QED) is 0.629. The van der Waals surface area contributed by atoms with Gasteiger partial charge in [0.25, 0.3) is 0 Å². The number of ether oxygens (including phenoxy) is 1. The molecule has 0 heterocycles. The molecule has 3 heteroatoms. The lowest BCUT2D eigenvalue weighted by Gasteiger charge is -2.12. The third kappa shape index (κ3) is 4.31. The number of aromatic hydroxyl groups is 1. The van der Waals surface area contributed by atoms with Gasteiger partial charge in [0.2, 0.25) is 0 Å². The molecule has 0 saturated heterocycles. The second-order valence-corrected chi connectivity index (χ2v) is 3.81. The van der Waals surface area contributed by atoms with Crippen molar-refractivity contribution in [3.8, 4) is 5.75 Å². The summed E-state index contributed by atoms with van der Waals surface area (Å²) in [4.78, 5) is 11.3. The first-order valence-electron chi connectivity index (χ1n) is 5.69. The normalized spacial score (nSPS) is 12.6. The first-order valence-corrected chi connectivity index (χ1v) is 5.69. The number of carbonyl (C=O) groups excluding carboxylic acids is 1. The predicted molar refractivity (Wildman–Crippen MR) is 66.9 cm³/mol. The summed E-state index contributed by atoms with van der Waals surface area (Å²) in [6.07, 6.45) is 5.28. The Balaban J connectivity index is 2.85. The van der Waals surface area contributed by atoms with E-state index in [9.17, 15) is 9.90 Å². The van der Waals surface area contributed by atoms with Crippen molar-refractivity contribution < 1.29 is 14.6 Å². The minimum absolute atomic E-state index is 0.00278. The molecule has 0 aliphatic carbocycles. The Morgan fingerprint density at radius 3 is 2.59 bits per heavy atom. The Kier molecular flexibility index (Phi) is 5.27. The molecular weight excluding hydrogens is 216 g/mol. The molecule has 1 aromatic carbocycles. The molecule has 0 unspecified atom stereocenters. The van der Waals surface area contributed by atoms with Gasteiger partial charge < -0.3 is 9.84 Å². The van der Waals surface area contributed by atoms with Gasteiger partial charge in [-0.15, -0.1) is 0 Å². The van der Waals surface area contributed by atoms with Gasteiger partial charge in [-0.25, -0.2) is 0 Å². The zero-order valence-corrected chi connectivity index (χ0v) is 10.2. The van der Waals surface area contributed by atoms with Gasteiger partial charge in [-0.05, 0) is 24.1 Å². The molecule has 0 aromatic heterocycles. The molecule has 0 fully saturated rings. The molecule has 3 nitrogen and oxygen atoms in total. The Morgan fingerprint density at radius 1 is 1.41 bits per heavy atom. The van der Waals surface area contributed by atoms with Crippen LogP contribution in [0.2, 0.25) is 0 Å². The summed E-state index contributed by atoms with van der Waals surface area (Å²) in [5.41, 5.74) is 0.998. The summed E-state index contributed by atoms with van der Waals surface area (Å²) in [5, 5.41) is 9.23. The lowest BCUT2D eigenvalue weighted by atomic mass is 9.95. The lowest BCUT2D eigenvalue weighted by molar-refractivity contribution is -0.140. The van der Waals surface area contributed by atoms with Crippen molar-refractivity contribution in [3.05, 3.63) is 42.0 Å². The molecule has 92 valence electrons. The number of methoxy groups -OCH3 is 1. The van der Waals surface area contributed by atoms with E-state index < -0.39 is 0 Å². The minimum atomic E-state index is -0.233. The van der Waals surface area contributed by atoms with Crippen LogP contribution in [0.15, 0.2) is 36.4 Å². The SMILES string of the molecule is CCC=C[C@H](CC(=O)OC)c1ccc(O)cc1. The molecule has 0 amide bonds. The summed E-state index contributed by atoms with van der Waals surface area (Å²) in [6, 6.07) is 6.89. The Bertz CT molecular complexity index is 379. The largest absolute Gasteiger partial charge is 0.508 e. The number of allylic oxidation sites excluding steroid dienone is 2. The number of carbonyl (C=O) groups is 1. The highest BCUT2D eigenvalue weighted by Gasteiger charge is 2.13. The lowest BCUT2D eigenvalue weighted by Crippen LogP contribution is -2.06. The zero-order chi connectivity index (χ0) is 12.7. The average Bonchev–Trinajstić information content (AvgIpc) is 2.35. The Morgan fingerprint density at radius 2 is 2.06 bits per heavy atom. The van der Waals surface area contributed by atoms with Crippen molar-refractivity contribution in [3.63, 3.8) is 0 Å². The maximum atomic E-state index is 11.3. The third-order valence-corrected chi connectivity index (χ3v) is 2.54. The fourth-order valence-electron chi connectivity index (χ4n) is 1.58. The molecule has 1 rings (SSSR count). The van der Waals surface area contributed by atoms with Crippen LogP contribution in [0.25, 0.3) is 0 Å². The van der Waals surface area contributed by atoms with E-state index in [-0.39, 0.29) is 17.6 Å². The highest BCUT2D eigenvalue weighted by Crippen LogP contribution is 2.24. The molecule has 0 aliphatic rings. The van der Waals surface area contributed by atoms with Gasteiger partial charge in [0.05, 0.1) is 13.5 Å². The highest BCUT2D eigenvalue weighted by molar-refractivity contribution is 5.70.